The van der Waals surface area contributed by atoms with Crippen molar-refractivity contribution in [1.82, 2.24) is 4.98 Å². The van der Waals surface area contributed by atoms with Gasteiger partial charge in [0.2, 0.25) is 0 Å². The molecule has 0 aliphatic heterocycles. The number of nitrogens with one attached hydrogen (secondary N) is 1. The fourth-order valence-corrected chi connectivity index (χ4v) is 3.41. The van der Waals surface area contributed by atoms with Crippen LogP contribution in [0.1, 0.15) is 11.8 Å². The first kappa shape index (κ1) is 19.8. The molecule has 0 saturated heterocycles. The smallest absolute Gasteiger partial charge is 0.331 e. The Kier molecular flexibility index (Phi) is 6.57. The number of esters is 1. The maximum Gasteiger partial charge on any atom is 0.331 e. The number of anilines is 1. The Morgan fingerprint density at radius 3 is 2.68 bits per heavy atom. The monoisotopic (exact) mass is 412 g/mol. The number of carbonyl (C=O) groups excluding carboxylic acids is 2. The molecule has 1 aromatic carbocycles. The van der Waals surface area contributed by atoms with Gasteiger partial charge in [0.1, 0.15) is 0 Å². The second-order valence-corrected chi connectivity index (χ2v) is 7.28. The van der Waals surface area contributed by atoms with Gasteiger partial charge < -0.3 is 10.1 Å². The van der Waals surface area contributed by atoms with E-state index in [1.54, 1.807) is 29.5 Å². The Morgan fingerprint density at radius 1 is 1.14 bits per heavy atom. The van der Waals surface area contributed by atoms with Crippen LogP contribution in [0.4, 0.5) is 5.69 Å². The number of nitrogens with zero attached hydrogens (tertiary/aromatic N) is 1. The number of rotatable bonds is 6. The van der Waals surface area contributed by atoms with Crippen molar-refractivity contribution in [1.29, 1.82) is 0 Å². The number of ether oxygens (including phenoxy) is 1. The lowest BCUT2D eigenvalue weighted by Crippen LogP contribution is -2.29. The van der Waals surface area contributed by atoms with E-state index in [4.69, 9.17) is 16.3 Å². The van der Waals surface area contributed by atoms with E-state index < -0.39 is 18.0 Å². The van der Waals surface area contributed by atoms with E-state index in [-0.39, 0.29) is 5.15 Å². The van der Waals surface area contributed by atoms with Crippen molar-refractivity contribution in [3.8, 4) is 10.4 Å². The van der Waals surface area contributed by atoms with Crippen LogP contribution in [0.3, 0.4) is 0 Å². The first-order chi connectivity index (χ1) is 13.5. The third-order valence-corrected chi connectivity index (χ3v) is 5.15. The third-order valence-electron chi connectivity index (χ3n) is 3.75. The second-order valence-electron chi connectivity index (χ2n) is 5.81. The molecule has 0 spiro atoms. The number of aromatic nitrogens is 1. The number of hydrogen-bond acceptors (Lipinski definition) is 5. The highest BCUT2D eigenvalue weighted by Gasteiger charge is 2.17. The highest BCUT2D eigenvalue weighted by Crippen LogP contribution is 2.28. The van der Waals surface area contributed by atoms with Crippen molar-refractivity contribution >= 4 is 46.6 Å². The standard InChI is InChI=1S/C21H17ClN2O3S/c1-14(21(26)24-17-8-5-13-23-20(17)22)27-19(25)12-10-16-9-11-18(28-16)15-6-3-2-4-7-15/h2-14H,1H3,(H,24,26)/b12-10+/t14-/m1/s1. The molecule has 0 radical (unpaired) electrons. The summed E-state index contributed by atoms with van der Waals surface area (Å²) in [7, 11) is 0. The number of carbonyl (C=O) groups is 2. The summed E-state index contributed by atoms with van der Waals surface area (Å²) in [6.45, 7) is 1.49. The molecule has 7 heteroatoms. The highest BCUT2D eigenvalue weighted by molar-refractivity contribution is 7.16. The van der Waals surface area contributed by atoms with E-state index in [1.807, 2.05) is 42.5 Å². The average Bonchev–Trinajstić information content (AvgIpc) is 3.18. The Hall–Kier alpha value is -2.96. The van der Waals surface area contributed by atoms with Crippen LogP contribution in [-0.2, 0) is 14.3 Å². The summed E-state index contributed by atoms with van der Waals surface area (Å²) < 4.78 is 5.14. The molecule has 0 saturated carbocycles. The Balaban J connectivity index is 1.55. The lowest BCUT2D eigenvalue weighted by molar-refractivity contribution is -0.148. The lowest BCUT2D eigenvalue weighted by atomic mass is 10.2. The van der Waals surface area contributed by atoms with Crippen molar-refractivity contribution in [2.75, 3.05) is 5.32 Å². The van der Waals surface area contributed by atoms with Crippen LogP contribution in [-0.4, -0.2) is 23.0 Å². The maximum absolute atomic E-state index is 12.1. The summed E-state index contributed by atoms with van der Waals surface area (Å²) in [6, 6.07) is 17.2. The number of pyridine rings is 1. The van der Waals surface area contributed by atoms with E-state index in [9.17, 15) is 9.59 Å². The van der Waals surface area contributed by atoms with Gasteiger partial charge in [-0.2, -0.15) is 0 Å². The zero-order valence-corrected chi connectivity index (χ0v) is 16.5. The van der Waals surface area contributed by atoms with Crippen LogP contribution >= 0.6 is 22.9 Å². The Morgan fingerprint density at radius 2 is 1.93 bits per heavy atom. The van der Waals surface area contributed by atoms with E-state index in [0.29, 0.717) is 5.69 Å². The molecule has 2 aromatic heterocycles. The molecular formula is C21H17ClN2O3S. The van der Waals surface area contributed by atoms with Gasteiger partial charge in [0.15, 0.2) is 11.3 Å². The average molecular weight is 413 g/mol. The summed E-state index contributed by atoms with van der Waals surface area (Å²) in [5.74, 6) is -1.09. The minimum Gasteiger partial charge on any atom is -0.449 e. The van der Waals surface area contributed by atoms with Crippen LogP contribution in [0.2, 0.25) is 5.15 Å². The molecule has 28 heavy (non-hydrogen) atoms. The van der Waals surface area contributed by atoms with Crippen molar-refractivity contribution in [2.24, 2.45) is 0 Å². The van der Waals surface area contributed by atoms with Gasteiger partial charge in [-0.25, -0.2) is 9.78 Å². The largest absolute Gasteiger partial charge is 0.449 e. The number of thiophene rings is 1. The normalized spacial score (nSPS) is 11.9. The second kappa shape index (κ2) is 9.30. The van der Waals surface area contributed by atoms with Gasteiger partial charge in [0, 0.05) is 22.0 Å². The van der Waals surface area contributed by atoms with Crippen LogP contribution < -0.4 is 5.32 Å². The van der Waals surface area contributed by atoms with Gasteiger partial charge in [-0.05, 0) is 42.8 Å². The minimum absolute atomic E-state index is 0.168. The van der Waals surface area contributed by atoms with Crippen molar-refractivity contribution in [3.63, 3.8) is 0 Å². The number of hydrogen-bond donors (Lipinski definition) is 1. The first-order valence-corrected chi connectivity index (χ1v) is 9.67. The zero-order chi connectivity index (χ0) is 19.9. The molecular weight excluding hydrogens is 396 g/mol. The van der Waals surface area contributed by atoms with E-state index >= 15 is 0 Å². The Bertz CT molecular complexity index is 1000. The summed E-state index contributed by atoms with van der Waals surface area (Å²) in [5.41, 5.74) is 1.48. The van der Waals surface area contributed by atoms with Crippen molar-refractivity contribution < 1.29 is 14.3 Å². The van der Waals surface area contributed by atoms with Gasteiger partial charge in [0.25, 0.3) is 5.91 Å². The SMILES string of the molecule is C[C@@H](OC(=O)/C=C/c1ccc(-c2ccccc2)s1)C(=O)Nc1cccnc1Cl. The van der Waals surface area contributed by atoms with Crippen LogP contribution in [0.25, 0.3) is 16.5 Å². The molecule has 142 valence electrons. The fraction of sp³-hybridized carbons (Fsp3) is 0.0952. The summed E-state index contributed by atoms with van der Waals surface area (Å²) in [6.07, 6.45) is 3.51. The zero-order valence-electron chi connectivity index (χ0n) is 15.0. The third kappa shape index (κ3) is 5.28. The molecule has 0 bridgehead atoms. The molecule has 0 aliphatic rings. The molecule has 2 heterocycles. The predicted octanol–water partition coefficient (Wildman–Crippen LogP) is 5.05. The predicted molar refractivity (Wildman–Crippen MR) is 112 cm³/mol. The number of halogens is 1. The summed E-state index contributed by atoms with van der Waals surface area (Å²) in [4.78, 5) is 30.0. The Labute approximate surface area is 171 Å². The van der Waals surface area contributed by atoms with Gasteiger partial charge >= 0.3 is 5.97 Å². The lowest BCUT2D eigenvalue weighted by Gasteiger charge is -2.12. The quantitative estimate of drug-likeness (QED) is 0.349. The summed E-state index contributed by atoms with van der Waals surface area (Å²) >= 11 is 7.46. The molecule has 3 rings (SSSR count). The van der Waals surface area contributed by atoms with Gasteiger partial charge in [0.05, 0.1) is 5.69 Å². The van der Waals surface area contributed by atoms with E-state index in [0.717, 1.165) is 15.3 Å². The topological polar surface area (TPSA) is 68.3 Å². The molecule has 3 aromatic rings. The molecule has 1 amide bonds. The van der Waals surface area contributed by atoms with Crippen molar-refractivity contribution in [3.05, 3.63) is 76.9 Å². The van der Waals surface area contributed by atoms with Crippen LogP contribution in [0, 0.1) is 0 Å². The number of benzene rings is 1. The van der Waals surface area contributed by atoms with E-state index in [1.165, 1.54) is 19.2 Å². The van der Waals surface area contributed by atoms with Crippen molar-refractivity contribution in [2.45, 2.75) is 13.0 Å². The fourth-order valence-electron chi connectivity index (χ4n) is 2.33. The van der Waals surface area contributed by atoms with Gasteiger partial charge in [-0.3, -0.25) is 4.79 Å². The molecule has 5 nitrogen and oxygen atoms in total. The van der Waals surface area contributed by atoms with E-state index in [2.05, 4.69) is 10.3 Å². The first-order valence-electron chi connectivity index (χ1n) is 8.48. The number of amides is 1. The molecule has 0 unspecified atom stereocenters. The van der Waals surface area contributed by atoms with Crippen LogP contribution in [0.15, 0.2) is 66.9 Å². The molecule has 0 fully saturated rings. The maximum atomic E-state index is 12.1. The highest BCUT2D eigenvalue weighted by atomic mass is 35.5. The molecule has 1 atom stereocenters. The molecule has 0 aliphatic carbocycles. The summed E-state index contributed by atoms with van der Waals surface area (Å²) in [5, 5.41) is 2.75. The van der Waals surface area contributed by atoms with Crippen LogP contribution in [0.5, 0.6) is 0 Å². The van der Waals surface area contributed by atoms with Gasteiger partial charge in [-0.1, -0.05) is 41.9 Å². The minimum atomic E-state index is -0.975. The van der Waals surface area contributed by atoms with Gasteiger partial charge in [-0.15, -0.1) is 11.3 Å². The molecule has 1 N–H and O–H groups in total.